The molecule has 0 radical (unpaired) electrons. The highest BCUT2D eigenvalue weighted by Crippen LogP contribution is 2.33. The Morgan fingerprint density at radius 1 is 1.31 bits per heavy atom. The van der Waals surface area contributed by atoms with Crippen molar-refractivity contribution in [2.75, 3.05) is 6.54 Å². The molecule has 88 valence electrons. The van der Waals surface area contributed by atoms with Gasteiger partial charge in [0.05, 0.1) is 6.04 Å². The number of nitrogens with zero attached hydrogens (tertiary/aromatic N) is 2. The summed E-state index contributed by atoms with van der Waals surface area (Å²) in [4.78, 5) is 4.40. The standard InChI is InChI=1S/C11H16FN3O/c12-8-5-9(13-6-8)11-14-10(15-16-11)7-3-1-2-4-7/h7-9,13H,1-6H2/t8-,9-/m1/s1. The number of hydrogen-bond acceptors (Lipinski definition) is 4. The number of nitrogens with one attached hydrogen (secondary N) is 1. The first-order valence-electron chi connectivity index (χ1n) is 6.04. The third kappa shape index (κ3) is 1.84. The summed E-state index contributed by atoms with van der Waals surface area (Å²) >= 11 is 0. The first-order chi connectivity index (χ1) is 7.83. The predicted molar refractivity (Wildman–Crippen MR) is 55.8 cm³/mol. The maximum atomic E-state index is 13.0. The van der Waals surface area contributed by atoms with Gasteiger partial charge in [-0.05, 0) is 12.8 Å². The van der Waals surface area contributed by atoms with Crippen LogP contribution in [0.3, 0.4) is 0 Å². The molecule has 1 aliphatic carbocycles. The maximum absolute atomic E-state index is 13.0. The lowest BCUT2D eigenvalue weighted by molar-refractivity contribution is 0.321. The molecule has 0 unspecified atom stereocenters. The summed E-state index contributed by atoms with van der Waals surface area (Å²) in [5.74, 6) is 1.83. The van der Waals surface area contributed by atoms with Crippen molar-refractivity contribution < 1.29 is 8.91 Å². The Kier molecular flexibility index (Phi) is 2.63. The summed E-state index contributed by atoms with van der Waals surface area (Å²) in [6, 6.07) is -0.0855. The van der Waals surface area contributed by atoms with Crippen LogP contribution in [0.4, 0.5) is 4.39 Å². The monoisotopic (exact) mass is 225 g/mol. The number of rotatable bonds is 2. The first-order valence-corrected chi connectivity index (χ1v) is 6.04. The van der Waals surface area contributed by atoms with E-state index in [0.717, 1.165) is 18.7 Å². The van der Waals surface area contributed by atoms with Gasteiger partial charge in [0.1, 0.15) is 6.17 Å². The topological polar surface area (TPSA) is 51.0 Å². The van der Waals surface area contributed by atoms with Gasteiger partial charge in [-0.15, -0.1) is 0 Å². The zero-order chi connectivity index (χ0) is 11.0. The second-order valence-electron chi connectivity index (χ2n) is 4.77. The van der Waals surface area contributed by atoms with Crippen molar-refractivity contribution >= 4 is 0 Å². The Labute approximate surface area is 93.6 Å². The van der Waals surface area contributed by atoms with Crippen LogP contribution in [0.5, 0.6) is 0 Å². The lowest BCUT2D eigenvalue weighted by atomic mass is 10.1. The SMILES string of the molecule is F[C@H]1CN[C@@H](c2nc(C3CCCC3)no2)C1. The van der Waals surface area contributed by atoms with Crippen LogP contribution in [0.25, 0.3) is 0 Å². The number of hydrogen-bond donors (Lipinski definition) is 1. The van der Waals surface area contributed by atoms with Crippen LogP contribution < -0.4 is 5.32 Å². The molecular weight excluding hydrogens is 209 g/mol. The fourth-order valence-electron chi connectivity index (χ4n) is 2.62. The highest BCUT2D eigenvalue weighted by Gasteiger charge is 2.30. The average Bonchev–Trinajstić information content (AvgIpc) is 2.97. The second-order valence-corrected chi connectivity index (χ2v) is 4.77. The molecule has 2 fully saturated rings. The van der Waals surface area contributed by atoms with E-state index in [0.29, 0.717) is 24.8 Å². The van der Waals surface area contributed by atoms with Crippen molar-refractivity contribution in [3.63, 3.8) is 0 Å². The fourth-order valence-corrected chi connectivity index (χ4v) is 2.62. The molecule has 1 saturated heterocycles. The molecule has 0 bridgehead atoms. The van der Waals surface area contributed by atoms with E-state index in [-0.39, 0.29) is 6.04 Å². The van der Waals surface area contributed by atoms with Crippen LogP contribution in [-0.4, -0.2) is 22.9 Å². The van der Waals surface area contributed by atoms with Gasteiger partial charge < -0.3 is 9.84 Å². The minimum absolute atomic E-state index is 0.0855. The molecule has 3 rings (SSSR count). The summed E-state index contributed by atoms with van der Waals surface area (Å²) < 4.78 is 18.2. The van der Waals surface area contributed by atoms with Crippen molar-refractivity contribution in [3.8, 4) is 0 Å². The summed E-state index contributed by atoms with van der Waals surface area (Å²) in [5.41, 5.74) is 0. The third-order valence-corrected chi connectivity index (χ3v) is 3.55. The lowest BCUT2D eigenvalue weighted by Crippen LogP contribution is -2.14. The van der Waals surface area contributed by atoms with Gasteiger partial charge in [-0.25, -0.2) is 4.39 Å². The van der Waals surface area contributed by atoms with E-state index in [9.17, 15) is 4.39 Å². The van der Waals surface area contributed by atoms with Gasteiger partial charge in [0, 0.05) is 18.9 Å². The molecule has 1 aliphatic heterocycles. The van der Waals surface area contributed by atoms with E-state index < -0.39 is 6.17 Å². The fraction of sp³-hybridized carbons (Fsp3) is 0.818. The molecule has 2 atom stereocenters. The number of halogens is 1. The highest BCUT2D eigenvalue weighted by atomic mass is 19.1. The zero-order valence-corrected chi connectivity index (χ0v) is 9.16. The quantitative estimate of drug-likeness (QED) is 0.837. The van der Waals surface area contributed by atoms with E-state index in [1.807, 2.05) is 0 Å². The molecule has 16 heavy (non-hydrogen) atoms. The van der Waals surface area contributed by atoms with Crippen molar-refractivity contribution in [2.24, 2.45) is 0 Å². The van der Waals surface area contributed by atoms with Crippen molar-refractivity contribution in [1.82, 2.24) is 15.5 Å². The number of aromatic nitrogens is 2. The summed E-state index contributed by atoms with van der Waals surface area (Å²) in [6.45, 7) is 0.395. The van der Waals surface area contributed by atoms with E-state index in [1.165, 1.54) is 12.8 Å². The van der Waals surface area contributed by atoms with Gasteiger partial charge in [0.15, 0.2) is 5.82 Å². The Morgan fingerprint density at radius 2 is 2.12 bits per heavy atom. The molecule has 1 aromatic heterocycles. The molecule has 4 nitrogen and oxygen atoms in total. The molecule has 2 heterocycles. The molecule has 0 spiro atoms. The normalized spacial score (nSPS) is 31.3. The molecule has 1 aromatic rings. The van der Waals surface area contributed by atoms with Gasteiger partial charge in [0.2, 0.25) is 5.89 Å². The van der Waals surface area contributed by atoms with Gasteiger partial charge in [-0.2, -0.15) is 4.98 Å². The average molecular weight is 225 g/mol. The summed E-state index contributed by atoms with van der Waals surface area (Å²) in [5, 5.41) is 7.07. The second kappa shape index (κ2) is 4.13. The smallest absolute Gasteiger partial charge is 0.243 e. The Bertz CT molecular complexity index is 362. The van der Waals surface area contributed by atoms with Crippen LogP contribution in [0.2, 0.25) is 0 Å². The highest BCUT2D eigenvalue weighted by molar-refractivity contribution is 5.02. The zero-order valence-electron chi connectivity index (χ0n) is 9.16. The van der Waals surface area contributed by atoms with Crippen molar-refractivity contribution in [3.05, 3.63) is 11.7 Å². The molecule has 1 saturated carbocycles. The Balaban J connectivity index is 1.72. The number of alkyl halides is 1. The lowest BCUT2D eigenvalue weighted by Gasteiger charge is -2.02. The maximum Gasteiger partial charge on any atom is 0.243 e. The summed E-state index contributed by atoms with van der Waals surface area (Å²) in [7, 11) is 0. The predicted octanol–water partition coefficient (Wildman–Crippen LogP) is 2.10. The van der Waals surface area contributed by atoms with Crippen LogP contribution in [0.15, 0.2) is 4.52 Å². The molecular formula is C11H16FN3O. The first kappa shape index (κ1) is 10.2. The van der Waals surface area contributed by atoms with Crippen molar-refractivity contribution in [1.29, 1.82) is 0 Å². The molecule has 2 aliphatic rings. The molecule has 1 N–H and O–H groups in total. The van der Waals surface area contributed by atoms with E-state index >= 15 is 0 Å². The minimum atomic E-state index is -0.785. The van der Waals surface area contributed by atoms with E-state index in [4.69, 9.17) is 4.52 Å². The van der Waals surface area contributed by atoms with Gasteiger partial charge in [-0.1, -0.05) is 18.0 Å². The van der Waals surface area contributed by atoms with Gasteiger partial charge in [0.25, 0.3) is 0 Å². The third-order valence-electron chi connectivity index (χ3n) is 3.55. The molecule has 0 aromatic carbocycles. The van der Waals surface area contributed by atoms with Crippen LogP contribution in [0.1, 0.15) is 55.8 Å². The van der Waals surface area contributed by atoms with Gasteiger partial charge in [-0.3, -0.25) is 0 Å². The van der Waals surface area contributed by atoms with E-state index in [1.54, 1.807) is 0 Å². The largest absolute Gasteiger partial charge is 0.338 e. The van der Waals surface area contributed by atoms with Crippen LogP contribution >= 0.6 is 0 Å². The Hall–Kier alpha value is -0.970. The molecule has 0 amide bonds. The van der Waals surface area contributed by atoms with Crippen LogP contribution in [-0.2, 0) is 0 Å². The Morgan fingerprint density at radius 3 is 2.81 bits per heavy atom. The molecule has 5 heteroatoms. The van der Waals surface area contributed by atoms with E-state index in [2.05, 4.69) is 15.5 Å². The van der Waals surface area contributed by atoms with Crippen LogP contribution in [0, 0.1) is 0 Å². The summed E-state index contributed by atoms with van der Waals surface area (Å²) in [6.07, 6.45) is 4.48. The van der Waals surface area contributed by atoms with Gasteiger partial charge >= 0.3 is 0 Å². The minimum Gasteiger partial charge on any atom is -0.338 e. The van der Waals surface area contributed by atoms with Crippen molar-refractivity contribution in [2.45, 2.75) is 50.2 Å².